The van der Waals surface area contributed by atoms with E-state index in [0.717, 1.165) is 18.2 Å². The Morgan fingerprint density at radius 1 is 1.02 bits per heavy atom. The van der Waals surface area contributed by atoms with Crippen molar-refractivity contribution in [2.45, 2.75) is 11.8 Å². The molecule has 2 N–H and O–H groups in total. The normalized spacial score (nSPS) is 11.6. The summed E-state index contributed by atoms with van der Waals surface area (Å²) in [7, 11) is -4.41. The van der Waals surface area contributed by atoms with Gasteiger partial charge in [0.1, 0.15) is 41.3 Å². The summed E-state index contributed by atoms with van der Waals surface area (Å²) < 4.78 is 73.6. The number of hydrogen-bond donors (Lipinski definition) is 2. The topological polar surface area (TPSA) is 119 Å². The molecule has 10 nitrogen and oxygen atoms in total. The first-order valence-corrected chi connectivity index (χ1v) is 12.9. The minimum absolute atomic E-state index is 0.0566. The zero-order chi connectivity index (χ0) is 28.4. The monoisotopic (exact) mass is 562 g/mol. The lowest BCUT2D eigenvalue weighted by Gasteiger charge is -2.15. The highest BCUT2D eigenvalue weighted by molar-refractivity contribution is 7.92. The average molecular weight is 563 g/mol. The molecule has 0 amide bonds. The van der Waals surface area contributed by atoms with Crippen molar-refractivity contribution in [1.29, 1.82) is 0 Å². The Kier molecular flexibility index (Phi) is 6.89. The fraction of sp³-hybridized carbons (Fsp3) is 0.0385. The van der Waals surface area contributed by atoms with Gasteiger partial charge in [-0.2, -0.15) is 0 Å². The van der Waals surface area contributed by atoms with E-state index in [1.165, 1.54) is 44.0 Å². The van der Waals surface area contributed by atoms with Crippen molar-refractivity contribution >= 4 is 44.3 Å². The number of anilines is 3. The SMILES string of the molecule is [C-]#[N+]/C=C/c1cn(-c2ccc3ncnc(Nc4c(F)ccc(NS(=O)(=O)c5cccc(F)c5C)c4F)c3n2)cn1. The zero-order valence-electron chi connectivity index (χ0n) is 20.5. The Morgan fingerprint density at radius 2 is 1.85 bits per heavy atom. The Hall–Kier alpha value is -5.29. The van der Waals surface area contributed by atoms with Crippen LogP contribution in [-0.2, 0) is 10.0 Å². The summed E-state index contributed by atoms with van der Waals surface area (Å²) in [6.07, 6.45) is 7.05. The van der Waals surface area contributed by atoms with Gasteiger partial charge in [0.05, 0.1) is 28.4 Å². The van der Waals surface area contributed by atoms with Crippen molar-refractivity contribution in [2.24, 2.45) is 0 Å². The van der Waals surface area contributed by atoms with Crippen LogP contribution in [0.1, 0.15) is 11.3 Å². The molecule has 0 radical (unpaired) electrons. The lowest BCUT2D eigenvalue weighted by molar-refractivity contribution is 0.585. The third kappa shape index (κ3) is 5.05. The third-order valence-corrected chi connectivity index (χ3v) is 7.25. The molecule has 0 unspecified atom stereocenters. The molecule has 0 saturated carbocycles. The maximum absolute atomic E-state index is 15.5. The molecule has 2 aromatic carbocycles. The van der Waals surface area contributed by atoms with Gasteiger partial charge < -0.3 is 5.32 Å². The average Bonchev–Trinajstić information content (AvgIpc) is 3.41. The van der Waals surface area contributed by atoms with Crippen LogP contribution in [0.25, 0.3) is 27.8 Å². The number of nitrogens with zero attached hydrogens (tertiary/aromatic N) is 6. The molecule has 0 atom stereocenters. The molecule has 5 aromatic rings. The van der Waals surface area contributed by atoms with Crippen molar-refractivity contribution in [3.05, 3.63) is 108 Å². The summed E-state index contributed by atoms with van der Waals surface area (Å²) in [4.78, 5) is 19.6. The standard InChI is InChI=1S/C26H17F3N8O2S/c1-15-17(27)4-3-5-21(15)40(38,39)36-19-7-6-18(28)24(23(19)29)35-26-25-20(31-13-32-26)8-9-22(34-25)37-12-16(33-14-37)10-11-30-2/h3-14,36H,1H3,(H,31,32,35)/b11-10+. The van der Waals surface area contributed by atoms with E-state index in [0.29, 0.717) is 17.0 Å². The molecule has 0 aliphatic heterocycles. The number of halogens is 3. The van der Waals surface area contributed by atoms with Gasteiger partial charge in [-0.05, 0) is 49.4 Å². The van der Waals surface area contributed by atoms with E-state index < -0.39 is 43.7 Å². The van der Waals surface area contributed by atoms with E-state index in [4.69, 9.17) is 6.57 Å². The summed E-state index contributed by atoms with van der Waals surface area (Å²) in [5, 5.41) is 2.55. The molecule has 3 aromatic heterocycles. The van der Waals surface area contributed by atoms with Crippen molar-refractivity contribution < 1.29 is 21.6 Å². The molecule has 14 heteroatoms. The zero-order valence-corrected chi connectivity index (χ0v) is 21.3. The number of sulfonamides is 1. The van der Waals surface area contributed by atoms with E-state index in [2.05, 4.69) is 34.8 Å². The Balaban J connectivity index is 1.51. The minimum Gasteiger partial charge on any atom is -0.333 e. The van der Waals surface area contributed by atoms with Gasteiger partial charge in [-0.25, -0.2) is 46.4 Å². The smallest absolute Gasteiger partial charge is 0.262 e. The predicted octanol–water partition coefficient (Wildman–Crippen LogP) is 5.37. The molecule has 0 aliphatic carbocycles. The predicted molar refractivity (Wildman–Crippen MR) is 142 cm³/mol. The van der Waals surface area contributed by atoms with Crippen LogP contribution in [0.2, 0.25) is 0 Å². The first kappa shape index (κ1) is 26.3. The number of pyridine rings is 1. The van der Waals surface area contributed by atoms with Gasteiger partial charge in [-0.3, -0.25) is 9.29 Å². The van der Waals surface area contributed by atoms with Gasteiger partial charge in [-0.1, -0.05) is 6.07 Å². The molecule has 200 valence electrons. The third-order valence-electron chi connectivity index (χ3n) is 5.74. The number of imidazole rings is 1. The number of fused-ring (bicyclic) bond motifs is 1. The van der Waals surface area contributed by atoms with Gasteiger partial charge in [0.2, 0.25) is 0 Å². The molecule has 0 aliphatic rings. The lowest BCUT2D eigenvalue weighted by atomic mass is 10.2. The number of benzene rings is 2. The van der Waals surface area contributed by atoms with Crippen LogP contribution in [0.5, 0.6) is 0 Å². The number of rotatable bonds is 7. The van der Waals surface area contributed by atoms with Crippen LogP contribution < -0.4 is 10.0 Å². The molecule has 3 heterocycles. The van der Waals surface area contributed by atoms with Crippen molar-refractivity contribution in [3.63, 3.8) is 0 Å². The van der Waals surface area contributed by atoms with E-state index in [-0.39, 0.29) is 16.9 Å². The van der Waals surface area contributed by atoms with Crippen molar-refractivity contribution in [3.8, 4) is 5.82 Å². The van der Waals surface area contributed by atoms with Gasteiger partial charge in [0.15, 0.2) is 17.8 Å². The number of aromatic nitrogens is 5. The van der Waals surface area contributed by atoms with Crippen LogP contribution in [0.3, 0.4) is 0 Å². The van der Waals surface area contributed by atoms with E-state index in [1.807, 2.05) is 0 Å². The van der Waals surface area contributed by atoms with Crippen LogP contribution >= 0.6 is 0 Å². The highest BCUT2D eigenvalue weighted by Gasteiger charge is 2.23. The fourth-order valence-corrected chi connectivity index (χ4v) is 5.09. The van der Waals surface area contributed by atoms with E-state index in [9.17, 15) is 17.2 Å². The quantitative estimate of drug-likeness (QED) is 0.256. The summed E-state index contributed by atoms with van der Waals surface area (Å²) in [6, 6.07) is 8.52. The van der Waals surface area contributed by atoms with Gasteiger partial charge in [0, 0.05) is 11.8 Å². The Morgan fingerprint density at radius 3 is 2.65 bits per heavy atom. The number of hydrogen-bond acceptors (Lipinski definition) is 7. The van der Waals surface area contributed by atoms with Crippen LogP contribution in [0.4, 0.5) is 30.4 Å². The molecule has 0 saturated heterocycles. The summed E-state index contributed by atoms with van der Waals surface area (Å²) in [6.45, 7) is 8.11. The maximum atomic E-state index is 15.5. The Labute approximate surface area is 225 Å². The molecule has 5 rings (SSSR count). The largest absolute Gasteiger partial charge is 0.333 e. The lowest BCUT2D eigenvalue weighted by Crippen LogP contribution is -2.16. The minimum atomic E-state index is -4.41. The van der Waals surface area contributed by atoms with Gasteiger partial charge in [-0.15, -0.1) is 0 Å². The molecule has 0 bridgehead atoms. The summed E-state index contributed by atoms with van der Waals surface area (Å²) in [5.74, 6) is -2.71. The van der Waals surface area contributed by atoms with Crippen molar-refractivity contribution in [2.75, 3.05) is 10.0 Å². The molecular formula is C26H17F3N8O2S. The highest BCUT2D eigenvalue weighted by atomic mass is 32.2. The van der Waals surface area contributed by atoms with Gasteiger partial charge in [0.25, 0.3) is 10.0 Å². The molecule has 0 spiro atoms. The number of nitrogens with one attached hydrogen (secondary N) is 2. The highest BCUT2D eigenvalue weighted by Crippen LogP contribution is 2.32. The first-order valence-electron chi connectivity index (χ1n) is 11.4. The molecular weight excluding hydrogens is 545 g/mol. The second kappa shape index (κ2) is 10.5. The van der Waals surface area contributed by atoms with E-state index >= 15 is 4.39 Å². The van der Waals surface area contributed by atoms with Gasteiger partial charge >= 0.3 is 0 Å². The van der Waals surface area contributed by atoms with Crippen molar-refractivity contribution in [1.82, 2.24) is 24.5 Å². The summed E-state index contributed by atoms with van der Waals surface area (Å²) >= 11 is 0. The second-order valence-corrected chi connectivity index (χ2v) is 9.94. The fourth-order valence-electron chi connectivity index (χ4n) is 3.77. The van der Waals surface area contributed by atoms with Crippen LogP contribution in [0, 0.1) is 30.9 Å². The molecule has 0 fully saturated rings. The first-order chi connectivity index (χ1) is 19.2. The van der Waals surface area contributed by atoms with Crippen LogP contribution in [-0.4, -0.2) is 32.9 Å². The molecule has 40 heavy (non-hydrogen) atoms. The van der Waals surface area contributed by atoms with Crippen LogP contribution in [0.15, 0.2) is 72.4 Å². The summed E-state index contributed by atoms with van der Waals surface area (Å²) in [5.41, 5.74) is -0.397. The van der Waals surface area contributed by atoms with E-state index in [1.54, 1.807) is 22.9 Å². The second-order valence-electron chi connectivity index (χ2n) is 8.29. The maximum Gasteiger partial charge on any atom is 0.262 e. The Bertz CT molecular complexity index is 1950.